The van der Waals surface area contributed by atoms with Crippen LogP contribution in [0.1, 0.15) is 11.1 Å². The third-order valence-corrected chi connectivity index (χ3v) is 2.30. The summed E-state index contributed by atoms with van der Waals surface area (Å²) in [6, 6.07) is 11.7. The number of halogens is 1. The van der Waals surface area contributed by atoms with Crippen LogP contribution >= 0.6 is 11.6 Å². The largest absolute Gasteiger partial charge is 0.265 e. The molecule has 1 aromatic carbocycles. The third kappa shape index (κ3) is 2.93. The summed E-state index contributed by atoms with van der Waals surface area (Å²) < 4.78 is 0. The summed E-state index contributed by atoms with van der Waals surface area (Å²) in [6.07, 6.45) is 7.65. The molecular weight excluding hydrogens is 206 g/mol. The van der Waals surface area contributed by atoms with Gasteiger partial charge in [-0.05, 0) is 35.4 Å². The molecule has 15 heavy (non-hydrogen) atoms. The summed E-state index contributed by atoms with van der Waals surface area (Å²) in [5.41, 5.74) is 2.27. The Morgan fingerprint density at radius 3 is 1.93 bits per heavy atom. The maximum absolute atomic E-state index is 5.80. The monoisotopic (exact) mass is 215 g/mol. The molecule has 0 amide bonds. The second kappa shape index (κ2) is 4.76. The highest BCUT2D eigenvalue weighted by atomic mass is 35.5. The van der Waals surface area contributed by atoms with E-state index >= 15 is 0 Å². The summed E-state index contributed by atoms with van der Waals surface area (Å²) in [5.74, 6) is 0. The molecule has 2 aromatic rings. The van der Waals surface area contributed by atoms with Gasteiger partial charge in [-0.3, -0.25) is 4.98 Å². The van der Waals surface area contributed by atoms with E-state index in [0.717, 1.165) is 16.1 Å². The van der Waals surface area contributed by atoms with E-state index in [1.54, 1.807) is 12.4 Å². The van der Waals surface area contributed by atoms with E-state index in [1.807, 2.05) is 48.6 Å². The van der Waals surface area contributed by atoms with Crippen molar-refractivity contribution in [2.24, 2.45) is 0 Å². The Bertz CT molecular complexity index is 446. The molecule has 0 aliphatic heterocycles. The number of benzene rings is 1. The quantitative estimate of drug-likeness (QED) is 0.740. The Morgan fingerprint density at radius 2 is 1.33 bits per heavy atom. The van der Waals surface area contributed by atoms with Crippen LogP contribution in [0.15, 0.2) is 48.8 Å². The van der Waals surface area contributed by atoms with Crippen LogP contribution in [0.4, 0.5) is 0 Å². The summed E-state index contributed by atoms with van der Waals surface area (Å²) >= 11 is 5.80. The first-order valence-electron chi connectivity index (χ1n) is 4.68. The molecule has 0 bridgehead atoms. The van der Waals surface area contributed by atoms with E-state index < -0.39 is 0 Å². The lowest BCUT2D eigenvalue weighted by Crippen LogP contribution is -1.73. The summed E-state index contributed by atoms with van der Waals surface area (Å²) in [4.78, 5) is 3.96. The highest BCUT2D eigenvalue weighted by molar-refractivity contribution is 6.30. The Balaban J connectivity index is 2.15. The molecule has 0 spiro atoms. The van der Waals surface area contributed by atoms with Crippen molar-refractivity contribution in [2.75, 3.05) is 0 Å². The lowest BCUT2D eigenvalue weighted by Gasteiger charge is -1.94. The van der Waals surface area contributed by atoms with Crippen molar-refractivity contribution < 1.29 is 0 Å². The first-order valence-corrected chi connectivity index (χ1v) is 5.06. The molecule has 0 saturated carbocycles. The van der Waals surface area contributed by atoms with Crippen molar-refractivity contribution in [2.45, 2.75) is 0 Å². The first kappa shape index (κ1) is 9.94. The van der Waals surface area contributed by atoms with Crippen LogP contribution in [0, 0.1) is 0 Å². The van der Waals surface area contributed by atoms with Gasteiger partial charge in [-0.1, -0.05) is 35.9 Å². The molecule has 0 atom stereocenters. The number of pyridine rings is 1. The molecule has 2 rings (SSSR count). The molecule has 0 aliphatic carbocycles. The highest BCUT2D eigenvalue weighted by Crippen LogP contribution is 2.12. The molecule has 0 saturated heterocycles. The zero-order chi connectivity index (χ0) is 10.5. The summed E-state index contributed by atoms with van der Waals surface area (Å²) in [7, 11) is 0. The van der Waals surface area contributed by atoms with Crippen LogP contribution in [0.25, 0.3) is 12.2 Å². The molecule has 2 heteroatoms. The number of nitrogens with zero attached hydrogens (tertiary/aromatic N) is 1. The van der Waals surface area contributed by atoms with E-state index in [-0.39, 0.29) is 0 Å². The van der Waals surface area contributed by atoms with E-state index in [9.17, 15) is 0 Å². The third-order valence-electron chi connectivity index (χ3n) is 2.04. The van der Waals surface area contributed by atoms with Crippen LogP contribution in [0.2, 0.25) is 5.02 Å². The zero-order valence-electron chi connectivity index (χ0n) is 8.10. The Kier molecular flexibility index (Phi) is 3.15. The molecule has 1 aromatic heterocycles. The number of rotatable bonds is 2. The number of hydrogen-bond donors (Lipinski definition) is 0. The van der Waals surface area contributed by atoms with Crippen molar-refractivity contribution in [1.29, 1.82) is 0 Å². The van der Waals surface area contributed by atoms with E-state index in [2.05, 4.69) is 4.98 Å². The Hall–Kier alpha value is -1.60. The molecule has 0 radical (unpaired) electrons. The lowest BCUT2D eigenvalue weighted by atomic mass is 10.1. The molecule has 0 aliphatic rings. The van der Waals surface area contributed by atoms with Crippen molar-refractivity contribution in [3.05, 3.63) is 64.9 Å². The van der Waals surface area contributed by atoms with Gasteiger partial charge < -0.3 is 0 Å². The standard InChI is InChI=1S/C13H10ClN/c14-13-5-3-11(4-6-13)1-2-12-7-9-15-10-8-12/h1-10H/b2-1+. The van der Waals surface area contributed by atoms with Crippen LogP contribution in [-0.4, -0.2) is 4.98 Å². The van der Waals surface area contributed by atoms with Crippen LogP contribution in [0.3, 0.4) is 0 Å². The Labute approximate surface area is 94.1 Å². The predicted molar refractivity (Wildman–Crippen MR) is 64.6 cm³/mol. The average Bonchev–Trinajstić information content (AvgIpc) is 2.30. The van der Waals surface area contributed by atoms with Gasteiger partial charge in [-0.15, -0.1) is 0 Å². The maximum atomic E-state index is 5.80. The summed E-state index contributed by atoms with van der Waals surface area (Å²) in [5, 5.41) is 0.760. The molecule has 1 heterocycles. The van der Waals surface area contributed by atoms with Gasteiger partial charge in [0.05, 0.1) is 0 Å². The second-order valence-electron chi connectivity index (χ2n) is 3.17. The highest BCUT2D eigenvalue weighted by Gasteiger charge is 1.88. The van der Waals surface area contributed by atoms with E-state index in [1.165, 1.54) is 0 Å². The number of hydrogen-bond acceptors (Lipinski definition) is 1. The van der Waals surface area contributed by atoms with Crippen molar-refractivity contribution >= 4 is 23.8 Å². The van der Waals surface area contributed by atoms with Gasteiger partial charge in [0, 0.05) is 17.4 Å². The predicted octanol–water partition coefficient (Wildman–Crippen LogP) is 3.91. The molecule has 0 N–H and O–H groups in total. The van der Waals surface area contributed by atoms with Crippen LogP contribution in [0.5, 0.6) is 0 Å². The van der Waals surface area contributed by atoms with Crippen molar-refractivity contribution in [3.63, 3.8) is 0 Å². The van der Waals surface area contributed by atoms with Gasteiger partial charge in [0.25, 0.3) is 0 Å². The van der Waals surface area contributed by atoms with Crippen molar-refractivity contribution in [3.8, 4) is 0 Å². The van der Waals surface area contributed by atoms with Gasteiger partial charge in [-0.2, -0.15) is 0 Å². The first-order chi connectivity index (χ1) is 7.34. The molecule has 0 unspecified atom stereocenters. The van der Waals surface area contributed by atoms with Gasteiger partial charge in [-0.25, -0.2) is 0 Å². The number of aromatic nitrogens is 1. The minimum absolute atomic E-state index is 0.760. The Morgan fingerprint density at radius 1 is 0.800 bits per heavy atom. The van der Waals surface area contributed by atoms with Gasteiger partial charge >= 0.3 is 0 Å². The molecule has 0 fully saturated rings. The molecule has 1 nitrogen and oxygen atoms in total. The van der Waals surface area contributed by atoms with Gasteiger partial charge in [0.2, 0.25) is 0 Å². The van der Waals surface area contributed by atoms with Crippen LogP contribution < -0.4 is 0 Å². The topological polar surface area (TPSA) is 12.9 Å². The van der Waals surface area contributed by atoms with Crippen molar-refractivity contribution in [1.82, 2.24) is 4.98 Å². The van der Waals surface area contributed by atoms with E-state index in [4.69, 9.17) is 11.6 Å². The van der Waals surface area contributed by atoms with E-state index in [0.29, 0.717) is 0 Å². The van der Waals surface area contributed by atoms with Gasteiger partial charge in [0.1, 0.15) is 0 Å². The maximum Gasteiger partial charge on any atom is 0.0406 e. The smallest absolute Gasteiger partial charge is 0.0406 e. The second-order valence-corrected chi connectivity index (χ2v) is 3.60. The van der Waals surface area contributed by atoms with Gasteiger partial charge in [0.15, 0.2) is 0 Å². The zero-order valence-corrected chi connectivity index (χ0v) is 8.85. The minimum Gasteiger partial charge on any atom is -0.265 e. The molecular formula is C13H10ClN. The minimum atomic E-state index is 0.760. The average molecular weight is 216 g/mol. The fraction of sp³-hybridized carbons (Fsp3) is 0. The lowest BCUT2D eigenvalue weighted by molar-refractivity contribution is 1.32. The van der Waals surface area contributed by atoms with Crippen LogP contribution in [-0.2, 0) is 0 Å². The SMILES string of the molecule is Clc1ccc(/C=C/c2ccncc2)cc1. The normalized spacial score (nSPS) is 10.7. The summed E-state index contributed by atoms with van der Waals surface area (Å²) in [6.45, 7) is 0. The molecule has 74 valence electrons. The fourth-order valence-electron chi connectivity index (χ4n) is 1.24. The fourth-order valence-corrected chi connectivity index (χ4v) is 1.37.